The molecule has 174 valence electrons. The molecule has 0 saturated carbocycles. The molecule has 0 spiro atoms. The Labute approximate surface area is 193 Å². The van der Waals surface area contributed by atoms with Gasteiger partial charge in [-0.15, -0.1) is 0 Å². The van der Waals surface area contributed by atoms with Gasteiger partial charge in [-0.3, -0.25) is 4.79 Å². The van der Waals surface area contributed by atoms with E-state index in [1.165, 1.54) is 28.4 Å². The van der Waals surface area contributed by atoms with E-state index in [1.54, 1.807) is 31.4 Å². The molecular formula is C26H28O7. The Bertz CT molecular complexity index is 1070. The van der Waals surface area contributed by atoms with Gasteiger partial charge >= 0.3 is 0 Å². The highest BCUT2D eigenvalue weighted by atomic mass is 16.5. The first-order chi connectivity index (χ1) is 16.1. The van der Waals surface area contributed by atoms with Crippen LogP contribution in [-0.2, 0) is 18.0 Å². The lowest BCUT2D eigenvalue weighted by Gasteiger charge is -2.17. The lowest BCUT2D eigenvalue weighted by Crippen LogP contribution is -2.09. The normalized spacial score (nSPS) is 10.5. The molecule has 33 heavy (non-hydrogen) atoms. The molecule has 0 amide bonds. The molecule has 3 aromatic carbocycles. The van der Waals surface area contributed by atoms with E-state index in [-0.39, 0.29) is 12.4 Å². The van der Waals surface area contributed by atoms with Crippen molar-refractivity contribution in [2.24, 2.45) is 0 Å². The Morgan fingerprint density at radius 2 is 1.24 bits per heavy atom. The van der Waals surface area contributed by atoms with E-state index >= 15 is 0 Å². The summed E-state index contributed by atoms with van der Waals surface area (Å²) in [5.74, 6) is 1.91. The van der Waals surface area contributed by atoms with E-state index in [2.05, 4.69) is 0 Å². The third-order valence-corrected chi connectivity index (χ3v) is 5.15. The predicted octanol–water partition coefficient (Wildman–Crippen LogP) is 4.68. The Balaban J connectivity index is 2.00. The number of rotatable bonds is 11. The van der Waals surface area contributed by atoms with Gasteiger partial charge in [-0.2, -0.15) is 0 Å². The molecule has 0 heterocycles. The first-order valence-electron chi connectivity index (χ1n) is 10.3. The first-order valence-corrected chi connectivity index (χ1v) is 10.3. The number of hydrogen-bond acceptors (Lipinski definition) is 7. The molecule has 3 aromatic rings. The monoisotopic (exact) mass is 452 g/mol. The molecule has 0 radical (unpaired) electrons. The zero-order valence-electron chi connectivity index (χ0n) is 19.5. The number of carbonyl (C=O) groups is 1. The molecule has 0 aliphatic rings. The lowest BCUT2D eigenvalue weighted by molar-refractivity contribution is 0.0989. The fourth-order valence-corrected chi connectivity index (χ4v) is 3.47. The molecule has 0 aliphatic carbocycles. The van der Waals surface area contributed by atoms with Crippen molar-refractivity contribution in [3.8, 4) is 28.7 Å². The van der Waals surface area contributed by atoms with Gasteiger partial charge in [0.2, 0.25) is 5.75 Å². The van der Waals surface area contributed by atoms with Crippen LogP contribution < -0.4 is 23.7 Å². The zero-order valence-corrected chi connectivity index (χ0v) is 19.5. The molecule has 0 aromatic heterocycles. The summed E-state index contributed by atoms with van der Waals surface area (Å²) in [5, 5.41) is 0. The molecule has 0 fully saturated rings. The predicted molar refractivity (Wildman–Crippen MR) is 124 cm³/mol. The minimum atomic E-state index is -0.242. The van der Waals surface area contributed by atoms with Crippen molar-refractivity contribution in [2.75, 3.05) is 35.5 Å². The molecule has 0 atom stereocenters. The highest BCUT2D eigenvalue weighted by Crippen LogP contribution is 2.39. The minimum Gasteiger partial charge on any atom is -0.493 e. The maximum atomic E-state index is 13.6. The van der Waals surface area contributed by atoms with Crippen LogP contribution in [0.15, 0.2) is 54.6 Å². The molecule has 7 nitrogen and oxygen atoms in total. The maximum absolute atomic E-state index is 13.6. The third kappa shape index (κ3) is 5.38. The fraction of sp³-hybridized carbons (Fsp3) is 0.269. The summed E-state index contributed by atoms with van der Waals surface area (Å²) in [7, 11) is 7.60. The van der Waals surface area contributed by atoms with Crippen LogP contribution >= 0.6 is 0 Å². The largest absolute Gasteiger partial charge is 0.493 e. The molecule has 0 saturated heterocycles. The van der Waals surface area contributed by atoms with Gasteiger partial charge in [-0.25, -0.2) is 0 Å². The van der Waals surface area contributed by atoms with Crippen molar-refractivity contribution in [3.05, 3.63) is 76.9 Å². The van der Waals surface area contributed by atoms with Crippen molar-refractivity contribution >= 4 is 5.78 Å². The Kier molecular flexibility index (Phi) is 8.16. The van der Waals surface area contributed by atoms with Gasteiger partial charge in [0, 0.05) is 11.1 Å². The minimum absolute atomic E-state index is 0.209. The van der Waals surface area contributed by atoms with Gasteiger partial charge in [-0.1, -0.05) is 30.3 Å². The van der Waals surface area contributed by atoms with Gasteiger partial charge < -0.3 is 28.4 Å². The van der Waals surface area contributed by atoms with Crippen LogP contribution in [0.3, 0.4) is 0 Å². The van der Waals surface area contributed by atoms with Gasteiger partial charge in [-0.05, 0) is 35.4 Å². The highest BCUT2D eigenvalue weighted by Gasteiger charge is 2.22. The van der Waals surface area contributed by atoms with E-state index in [0.29, 0.717) is 52.0 Å². The van der Waals surface area contributed by atoms with Gasteiger partial charge in [0.1, 0.15) is 0 Å². The number of hydrogen-bond donors (Lipinski definition) is 0. The molecular weight excluding hydrogens is 424 g/mol. The van der Waals surface area contributed by atoms with Crippen LogP contribution in [0.25, 0.3) is 0 Å². The Morgan fingerprint density at radius 1 is 0.667 bits per heavy atom. The number of carbonyl (C=O) groups excluding carboxylic acids is 1. The number of ether oxygens (including phenoxy) is 6. The fourth-order valence-electron chi connectivity index (χ4n) is 3.47. The van der Waals surface area contributed by atoms with Crippen LogP contribution in [0.4, 0.5) is 0 Å². The van der Waals surface area contributed by atoms with Crippen LogP contribution in [0.5, 0.6) is 28.7 Å². The molecule has 0 bridgehead atoms. The maximum Gasteiger partial charge on any atom is 0.203 e. The number of ketones is 1. The summed E-state index contributed by atoms with van der Waals surface area (Å²) in [5.41, 5.74) is 2.51. The summed E-state index contributed by atoms with van der Waals surface area (Å²) in [6.07, 6.45) is 0. The second kappa shape index (κ2) is 11.2. The van der Waals surface area contributed by atoms with Crippen molar-refractivity contribution in [1.82, 2.24) is 0 Å². The van der Waals surface area contributed by atoms with Gasteiger partial charge in [0.05, 0.1) is 48.8 Å². The van der Waals surface area contributed by atoms with E-state index < -0.39 is 0 Å². The van der Waals surface area contributed by atoms with Crippen molar-refractivity contribution in [2.45, 2.75) is 13.2 Å². The van der Waals surface area contributed by atoms with Crippen molar-refractivity contribution in [3.63, 3.8) is 0 Å². The van der Waals surface area contributed by atoms with Crippen LogP contribution in [0, 0.1) is 0 Å². The highest BCUT2D eigenvalue weighted by molar-refractivity contribution is 6.11. The topological polar surface area (TPSA) is 72.5 Å². The molecule has 0 aliphatic heterocycles. The van der Waals surface area contributed by atoms with Crippen molar-refractivity contribution < 1.29 is 33.2 Å². The van der Waals surface area contributed by atoms with Gasteiger partial charge in [0.15, 0.2) is 28.8 Å². The first kappa shape index (κ1) is 23.9. The van der Waals surface area contributed by atoms with E-state index in [4.69, 9.17) is 28.4 Å². The number of benzene rings is 3. The molecule has 0 N–H and O–H groups in total. The number of methoxy groups -OCH3 is 5. The SMILES string of the molecule is COc1cc(COCc2ccccc2)c(C(=O)c2cc(OC)c(OC)c(OC)c2)cc1OC. The zero-order chi connectivity index (χ0) is 23.8. The Morgan fingerprint density at radius 3 is 1.79 bits per heavy atom. The van der Waals surface area contributed by atoms with E-state index in [9.17, 15) is 4.79 Å². The van der Waals surface area contributed by atoms with E-state index in [0.717, 1.165) is 5.56 Å². The third-order valence-electron chi connectivity index (χ3n) is 5.15. The second-order valence-corrected chi connectivity index (χ2v) is 7.09. The summed E-state index contributed by atoms with van der Waals surface area (Å²) in [6.45, 7) is 0.619. The summed E-state index contributed by atoms with van der Waals surface area (Å²) >= 11 is 0. The smallest absolute Gasteiger partial charge is 0.203 e. The standard InChI is InChI=1S/C26H28O7/c1-28-21-13-19(16-33-15-17-9-7-6-8-10-17)20(14-22(21)29-2)25(27)18-11-23(30-3)26(32-5)24(12-18)31-4/h6-14H,15-16H2,1-5H3. The molecule has 0 unspecified atom stereocenters. The lowest BCUT2D eigenvalue weighted by atomic mass is 9.97. The molecule has 3 rings (SSSR count). The molecule has 7 heteroatoms. The average molecular weight is 453 g/mol. The quantitative estimate of drug-likeness (QED) is 0.391. The van der Waals surface area contributed by atoms with Crippen LogP contribution in [0.2, 0.25) is 0 Å². The summed E-state index contributed by atoms with van der Waals surface area (Å²) < 4.78 is 33.0. The second-order valence-electron chi connectivity index (χ2n) is 7.09. The van der Waals surface area contributed by atoms with E-state index in [1.807, 2.05) is 30.3 Å². The van der Waals surface area contributed by atoms with Crippen molar-refractivity contribution in [1.29, 1.82) is 0 Å². The van der Waals surface area contributed by atoms with Gasteiger partial charge in [0.25, 0.3) is 0 Å². The van der Waals surface area contributed by atoms with Crippen LogP contribution in [-0.4, -0.2) is 41.3 Å². The average Bonchev–Trinajstić information content (AvgIpc) is 2.87. The summed E-state index contributed by atoms with van der Waals surface area (Å²) in [4.78, 5) is 13.6. The van der Waals surface area contributed by atoms with Crippen LogP contribution in [0.1, 0.15) is 27.0 Å². The summed E-state index contributed by atoms with van der Waals surface area (Å²) in [6, 6.07) is 16.5. The Hall–Kier alpha value is -3.71.